The molecule has 1 amide bonds. The molecule has 1 N–H and O–H groups in total. The van der Waals surface area contributed by atoms with Gasteiger partial charge in [-0.2, -0.15) is 0 Å². The monoisotopic (exact) mass is 401 g/mol. The Balaban J connectivity index is 1.78. The number of amides is 1. The Morgan fingerprint density at radius 2 is 1.75 bits per heavy atom. The van der Waals surface area contributed by atoms with Crippen molar-refractivity contribution < 1.29 is 19.1 Å². The third-order valence-electron chi connectivity index (χ3n) is 3.75. The zero-order valence-electron chi connectivity index (χ0n) is 16.1. The van der Waals surface area contributed by atoms with E-state index in [9.17, 15) is 14.4 Å². The summed E-state index contributed by atoms with van der Waals surface area (Å²) in [5.41, 5.74) is 2.57. The van der Waals surface area contributed by atoms with Gasteiger partial charge in [-0.3, -0.25) is 14.4 Å². The van der Waals surface area contributed by atoms with E-state index in [0.29, 0.717) is 11.6 Å². The van der Waals surface area contributed by atoms with Crippen molar-refractivity contribution >= 4 is 29.4 Å². The molecule has 0 radical (unpaired) electrons. The van der Waals surface area contributed by atoms with Gasteiger partial charge < -0.3 is 10.1 Å². The van der Waals surface area contributed by atoms with Crippen molar-refractivity contribution in [1.82, 2.24) is 15.3 Å². The maximum atomic E-state index is 12.0. The van der Waals surface area contributed by atoms with Crippen LogP contribution in [-0.4, -0.2) is 46.0 Å². The molecule has 8 heteroatoms. The summed E-state index contributed by atoms with van der Waals surface area (Å²) in [4.78, 5) is 44.2. The van der Waals surface area contributed by atoms with Crippen LogP contribution in [0.2, 0.25) is 0 Å². The lowest BCUT2D eigenvalue weighted by Crippen LogP contribution is -2.43. The van der Waals surface area contributed by atoms with Gasteiger partial charge in [-0.05, 0) is 38.8 Å². The molecule has 1 unspecified atom stereocenters. The normalized spacial score (nSPS) is 11.5. The summed E-state index contributed by atoms with van der Waals surface area (Å²) in [6.45, 7) is 4.68. The van der Waals surface area contributed by atoms with Gasteiger partial charge in [0.15, 0.2) is 17.5 Å². The van der Waals surface area contributed by atoms with Crippen LogP contribution < -0.4 is 5.32 Å². The van der Waals surface area contributed by atoms with Gasteiger partial charge in [0.05, 0.1) is 11.8 Å². The molecule has 1 aromatic heterocycles. The fourth-order valence-corrected chi connectivity index (χ4v) is 3.20. The zero-order valence-corrected chi connectivity index (χ0v) is 16.9. The third kappa shape index (κ3) is 7.48. The molecule has 1 heterocycles. The molecule has 2 rings (SSSR count). The Morgan fingerprint density at radius 1 is 1.11 bits per heavy atom. The largest absolute Gasteiger partial charge is 0.455 e. The van der Waals surface area contributed by atoms with Gasteiger partial charge in [0.1, 0.15) is 0 Å². The highest BCUT2D eigenvalue weighted by Gasteiger charge is 2.18. The summed E-state index contributed by atoms with van der Waals surface area (Å²) in [6, 6.07) is 10.6. The second kappa shape index (κ2) is 10.6. The second-order valence-corrected chi connectivity index (χ2v) is 7.25. The fourth-order valence-electron chi connectivity index (χ4n) is 2.45. The van der Waals surface area contributed by atoms with Crippen LogP contribution in [-0.2, 0) is 25.5 Å². The quantitative estimate of drug-likeness (QED) is 0.390. The summed E-state index contributed by atoms with van der Waals surface area (Å²) in [5.74, 6) is -1.23. The highest BCUT2D eigenvalue weighted by Crippen LogP contribution is 2.14. The van der Waals surface area contributed by atoms with Gasteiger partial charge in [0, 0.05) is 11.4 Å². The van der Waals surface area contributed by atoms with Crippen molar-refractivity contribution in [3.05, 3.63) is 53.3 Å². The Morgan fingerprint density at radius 3 is 2.36 bits per heavy atom. The molecule has 0 fully saturated rings. The highest BCUT2D eigenvalue weighted by atomic mass is 32.2. The number of aryl methyl sites for hydroxylation is 2. The number of esters is 1. The molecule has 0 aliphatic carbocycles. The predicted octanol–water partition coefficient (Wildman–Crippen LogP) is 2.05. The van der Waals surface area contributed by atoms with E-state index >= 15 is 0 Å². The average Bonchev–Trinajstić information content (AvgIpc) is 2.64. The van der Waals surface area contributed by atoms with Crippen LogP contribution in [0.3, 0.4) is 0 Å². The standard InChI is InChI=1S/C20H23N3O4S/c1-13-9-14(2)22-20(21-13)28-12-19(26)27-11-18(25)23-17(15(3)24)10-16-7-5-4-6-8-16/h4-9,17H,10-12H2,1-3H3,(H,23,25). The Kier molecular flexibility index (Phi) is 8.13. The molecule has 1 atom stereocenters. The lowest BCUT2D eigenvalue weighted by Gasteiger charge is -2.16. The van der Waals surface area contributed by atoms with E-state index in [4.69, 9.17) is 4.74 Å². The lowest BCUT2D eigenvalue weighted by molar-refractivity contribution is -0.146. The summed E-state index contributed by atoms with van der Waals surface area (Å²) in [5, 5.41) is 3.10. The van der Waals surface area contributed by atoms with E-state index in [0.717, 1.165) is 28.7 Å². The number of carbonyl (C=O) groups excluding carboxylic acids is 3. The van der Waals surface area contributed by atoms with Crippen LogP contribution in [0.15, 0.2) is 41.6 Å². The van der Waals surface area contributed by atoms with Gasteiger partial charge in [-0.1, -0.05) is 42.1 Å². The van der Waals surface area contributed by atoms with Crippen molar-refractivity contribution in [2.45, 2.75) is 38.4 Å². The van der Waals surface area contributed by atoms with Gasteiger partial charge >= 0.3 is 5.97 Å². The van der Waals surface area contributed by atoms with Crippen molar-refractivity contribution in [3.63, 3.8) is 0 Å². The molecule has 2 aromatic rings. The molecular formula is C20H23N3O4S. The van der Waals surface area contributed by atoms with Crippen molar-refractivity contribution in [3.8, 4) is 0 Å². The minimum Gasteiger partial charge on any atom is -0.455 e. The van der Waals surface area contributed by atoms with Crippen LogP contribution in [0.4, 0.5) is 0 Å². The van der Waals surface area contributed by atoms with Gasteiger partial charge in [0.25, 0.3) is 5.91 Å². The summed E-state index contributed by atoms with van der Waals surface area (Å²) < 4.78 is 4.98. The van der Waals surface area contributed by atoms with E-state index in [-0.39, 0.29) is 11.5 Å². The number of nitrogens with one attached hydrogen (secondary N) is 1. The van der Waals surface area contributed by atoms with E-state index in [1.165, 1.54) is 6.92 Å². The van der Waals surface area contributed by atoms with Gasteiger partial charge in [-0.15, -0.1) is 0 Å². The number of carbonyl (C=O) groups is 3. The molecule has 7 nitrogen and oxygen atoms in total. The molecular weight excluding hydrogens is 378 g/mol. The maximum absolute atomic E-state index is 12.0. The second-order valence-electron chi connectivity index (χ2n) is 6.30. The average molecular weight is 401 g/mol. The smallest absolute Gasteiger partial charge is 0.316 e. The number of aromatic nitrogens is 2. The van der Waals surface area contributed by atoms with Gasteiger partial charge in [0.2, 0.25) is 0 Å². The highest BCUT2D eigenvalue weighted by molar-refractivity contribution is 7.99. The number of hydrogen-bond acceptors (Lipinski definition) is 7. The summed E-state index contributed by atoms with van der Waals surface area (Å²) >= 11 is 1.15. The fraction of sp³-hybridized carbons (Fsp3) is 0.350. The lowest BCUT2D eigenvalue weighted by atomic mass is 10.0. The van der Waals surface area contributed by atoms with Crippen LogP contribution in [0, 0.1) is 13.8 Å². The molecule has 148 valence electrons. The predicted molar refractivity (Wildman–Crippen MR) is 106 cm³/mol. The SMILES string of the molecule is CC(=O)C(Cc1ccccc1)NC(=O)COC(=O)CSc1nc(C)cc(C)n1. The molecule has 28 heavy (non-hydrogen) atoms. The van der Waals surface area contributed by atoms with E-state index in [2.05, 4.69) is 15.3 Å². The molecule has 1 aromatic carbocycles. The number of hydrogen-bond donors (Lipinski definition) is 1. The Labute approximate surface area is 168 Å². The van der Waals surface area contributed by atoms with Crippen LogP contribution in [0.5, 0.6) is 0 Å². The van der Waals surface area contributed by atoms with Crippen molar-refractivity contribution in [1.29, 1.82) is 0 Å². The van der Waals surface area contributed by atoms with Gasteiger partial charge in [-0.25, -0.2) is 9.97 Å². The van der Waals surface area contributed by atoms with E-state index in [1.807, 2.05) is 50.2 Å². The minimum atomic E-state index is -0.661. The number of benzene rings is 1. The van der Waals surface area contributed by atoms with Crippen molar-refractivity contribution in [2.75, 3.05) is 12.4 Å². The Hall–Kier alpha value is -2.74. The number of ether oxygens (including phenoxy) is 1. The van der Waals surface area contributed by atoms with Crippen LogP contribution in [0.1, 0.15) is 23.9 Å². The first kappa shape index (κ1) is 21.6. The molecule has 0 aliphatic rings. The van der Waals surface area contributed by atoms with Crippen LogP contribution in [0.25, 0.3) is 0 Å². The topological polar surface area (TPSA) is 98.2 Å². The number of Topliss-reactive ketones (excluding diaryl/α,β-unsaturated/α-hetero) is 1. The first-order chi connectivity index (χ1) is 13.3. The molecule has 0 saturated carbocycles. The van der Waals surface area contributed by atoms with E-state index < -0.39 is 24.5 Å². The zero-order chi connectivity index (χ0) is 20.5. The number of rotatable bonds is 9. The van der Waals surface area contributed by atoms with Crippen LogP contribution >= 0.6 is 11.8 Å². The van der Waals surface area contributed by atoms with E-state index in [1.54, 1.807) is 0 Å². The number of thioether (sulfide) groups is 1. The first-order valence-electron chi connectivity index (χ1n) is 8.78. The Bertz CT molecular complexity index is 822. The molecule has 0 aliphatic heterocycles. The number of nitrogens with zero attached hydrogens (tertiary/aromatic N) is 2. The third-order valence-corrected chi connectivity index (χ3v) is 4.57. The molecule has 0 saturated heterocycles. The molecule has 0 spiro atoms. The first-order valence-corrected chi connectivity index (χ1v) is 9.76. The minimum absolute atomic E-state index is 0.00365. The summed E-state index contributed by atoms with van der Waals surface area (Å²) in [6.07, 6.45) is 0.385. The molecule has 0 bridgehead atoms. The summed E-state index contributed by atoms with van der Waals surface area (Å²) in [7, 11) is 0. The number of ketones is 1. The maximum Gasteiger partial charge on any atom is 0.316 e. The van der Waals surface area contributed by atoms with Crippen molar-refractivity contribution in [2.24, 2.45) is 0 Å².